The Labute approximate surface area is 98.7 Å². The topological polar surface area (TPSA) is 43.1 Å². The second-order valence-electron chi connectivity index (χ2n) is 3.45. The summed E-state index contributed by atoms with van der Waals surface area (Å²) in [6.07, 6.45) is 0. The minimum atomic E-state index is -0.414. The molecule has 2 N–H and O–H groups in total. The van der Waals surface area contributed by atoms with E-state index >= 15 is 0 Å². The van der Waals surface area contributed by atoms with Gasteiger partial charge in [0.25, 0.3) is 0 Å². The molecule has 0 aliphatic carbocycles. The van der Waals surface area contributed by atoms with Crippen LogP contribution in [-0.2, 0) is 0 Å². The second-order valence-corrected chi connectivity index (χ2v) is 3.88. The van der Waals surface area contributed by atoms with Gasteiger partial charge in [0.05, 0.1) is 0 Å². The van der Waals surface area contributed by atoms with E-state index in [9.17, 15) is 4.79 Å². The normalized spacial score (nSPS) is 10.1. The fourth-order valence-corrected chi connectivity index (χ4v) is 1.60. The van der Waals surface area contributed by atoms with E-state index in [1.807, 2.05) is 36.4 Å². The molecule has 2 nitrogen and oxygen atoms in total. The van der Waals surface area contributed by atoms with Gasteiger partial charge in [0.2, 0.25) is 5.91 Å². The van der Waals surface area contributed by atoms with Crippen LogP contribution in [0.1, 0.15) is 10.4 Å². The molecule has 0 saturated heterocycles. The number of benzene rings is 2. The molecule has 0 heterocycles. The number of hydrogen-bond acceptors (Lipinski definition) is 1. The van der Waals surface area contributed by atoms with Gasteiger partial charge in [-0.1, -0.05) is 35.9 Å². The summed E-state index contributed by atoms with van der Waals surface area (Å²) in [5.41, 5.74) is 7.76. The summed E-state index contributed by atoms with van der Waals surface area (Å²) in [4.78, 5) is 10.9. The highest BCUT2D eigenvalue weighted by molar-refractivity contribution is 6.30. The van der Waals surface area contributed by atoms with E-state index in [1.54, 1.807) is 12.1 Å². The Kier molecular flexibility index (Phi) is 2.93. The van der Waals surface area contributed by atoms with E-state index in [1.165, 1.54) is 0 Å². The Morgan fingerprint density at radius 2 is 1.31 bits per heavy atom. The third kappa shape index (κ3) is 2.23. The molecule has 80 valence electrons. The van der Waals surface area contributed by atoms with Gasteiger partial charge in [-0.3, -0.25) is 4.79 Å². The number of rotatable bonds is 2. The molecule has 0 aliphatic heterocycles. The molecule has 3 heteroatoms. The molecule has 0 fully saturated rings. The first kappa shape index (κ1) is 10.7. The predicted molar refractivity (Wildman–Crippen MR) is 65.4 cm³/mol. The Morgan fingerprint density at radius 3 is 1.75 bits per heavy atom. The van der Waals surface area contributed by atoms with Crippen LogP contribution >= 0.6 is 11.6 Å². The maximum absolute atomic E-state index is 10.9. The molecule has 0 aromatic heterocycles. The van der Waals surface area contributed by atoms with Crippen molar-refractivity contribution >= 4 is 17.5 Å². The van der Waals surface area contributed by atoms with Crippen molar-refractivity contribution in [1.82, 2.24) is 0 Å². The quantitative estimate of drug-likeness (QED) is 0.848. The molecule has 0 unspecified atom stereocenters. The molecule has 0 atom stereocenters. The summed E-state index contributed by atoms with van der Waals surface area (Å²) >= 11 is 5.80. The van der Waals surface area contributed by atoms with E-state index in [2.05, 4.69) is 0 Å². The third-order valence-electron chi connectivity index (χ3n) is 2.35. The Balaban J connectivity index is 2.34. The zero-order valence-electron chi connectivity index (χ0n) is 8.48. The molecule has 16 heavy (non-hydrogen) atoms. The first-order valence-electron chi connectivity index (χ1n) is 4.82. The first-order valence-corrected chi connectivity index (χ1v) is 5.20. The number of primary amides is 1. The standard InChI is InChI=1S/C13H10ClNO/c14-12-7-5-10(6-8-12)9-1-3-11(4-2-9)13(15)16/h1-8H,(H2,15,16). The lowest BCUT2D eigenvalue weighted by molar-refractivity contribution is 0.100. The van der Waals surface area contributed by atoms with Gasteiger partial charge in [-0.2, -0.15) is 0 Å². The van der Waals surface area contributed by atoms with Crippen LogP contribution in [0.4, 0.5) is 0 Å². The Bertz CT molecular complexity index is 502. The largest absolute Gasteiger partial charge is 0.366 e. The minimum Gasteiger partial charge on any atom is -0.366 e. The summed E-state index contributed by atoms with van der Waals surface area (Å²) in [6.45, 7) is 0. The van der Waals surface area contributed by atoms with Gasteiger partial charge in [-0.15, -0.1) is 0 Å². The third-order valence-corrected chi connectivity index (χ3v) is 2.60. The lowest BCUT2D eigenvalue weighted by atomic mass is 10.0. The maximum Gasteiger partial charge on any atom is 0.248 e. The van der Waals surface area contributed by atoms with Crippen LogP contribution in [0.25, 0.3) is 11.1 Å². The van der Waals surface area contributed by atoms with Crippen LogP contribution < -0.4 is 5.73 Å². The van der Waals surface area contributed by atoms with Gasteiger partial charge < -0.3 is 5.73 Å². The average molecular weight is 232 g/mol. The highest BCUT2D eigenvalue weighted by Gasteiger charge is 2.01. The van der Waals surface area contributed by atoms with Crippen molar-refractivity contribution < 1.29 is 4.79 Å². The molecular formula is C13H10ClNO. The number of halogens is 1. The van der Waals surface area contributed by atoms with E-state index in [4.69, 9.17) is 17.3 Å². The Hall–Kier alpha value is -1.80. The molecule has 0 bridgehead atoms. The SMILES string of the molecule is NC(=O)c1ccc(-c2ccc(Cl)cc2)cc1. The number of carbonyl (C=O) groups is 1. The molecular weight excluding hydrogens is 222 g/mol. The van der Waals surface area contributed by atoms with Crippen molar-refractivity contribution in [2.75, 3.05) is 0 Å². The molecule has 0 saturated carbocycles. The first-order chi connectivity index (χ1) is 7.66. The van der Waals surface area contributed by atoms with E-state index < -0.39 is 5.91 Å². The lowest BCUT2D eigenvalue weighted by Gasteiger charge is -2.02. The minimum absolute atomic E-state index is 0.414. The second kappa shape index (κ2) is 4.37. The van der Waals surface area contributed by atoms with Crippen LogP contribution in [0, 0.1) is 0 Å². The monoisotopic (exact) mass is 231 g/mol. The smallest absolute Gasteiger partial charge is 0.248 e. The van der Waals surface area contributed by atoms with E-state index in [0.29, 0.717) is 10.6 Å². The van der Waals surface area contributed by atoms with Crippen LogP contribution in [0.3, 0.4) is 0 Å². The zero-order valence-corrected chi connectivity index (χ0v) is 9.24. The number of amides is 1. The number of nitrogens with two attached hydrogens (primary N) is 1. The number of hydrogen-bond donors (Lipinski definition) is 1. The lowest BCUT2D eigenvalue weighted by Crippen LogP contribution is -2.10. The summed E-state index contributed by atoms with van der Waals surface area (Å²) in [7, 11) is 0. The highest BCUT2D eigenvalue weighted by Crippen LogP contribution is 2.21. The van der Waals surface area contributed by atoms with Crippen LogP contribution in [0.15, 0.2) is 48.5 Å². The summed E-state index contributed by atoms with van der Waals surface area (Å²) < 4.78 is 0. The molecule has 0 spiro atoms. The molecule has 2 rings (SSSR count). The summed E-state index contributed by atoms with van der Waals surface area (Å²) in [5.74, 6) is -0.414. The van der Waals surface area contributed by atoms with Crippen molar-refractivity contribution in [2.24, 2.45) is 5.73 Å². The van der Waals surface area contributed by atoms with Gasteiger partial charge in [0, 0.05) is 10.6 Å². The molecule has 2 aromatic carbocycles. The van der Waals surface area contributed by atoms with E-state index in [-0.39, 0.29) is 0 Å². The van der Waals surface area contributed by atoms with Crippen molar-refractivity contribution in [3.8, 4) is 11.1 Å². The molecule has 1 amide bonds. The fraction of sp³-hybridized carbons (Fsp3) is 0. The van der Waals surface area contributed by atoms with Crippen LogP contribution in [-0.4, -0.2) is 5.91 Å². The van der Waals surface area contributed by atoms with E-state index in [0.717, 1.165) is 11.1 Å². The fourth-order valence-electron chi connectivity index (χ4n) is 1.47. The van der Waals surface area contributed by atoms with Gasteiger partial charge in [0.15, 0.2) is 0 Å². The zero-order chi connectivity index (χ0) is 11.5. The van der Waals surface area contributed by atoms with Crippen molar-refractivity contribution in [1.29, 1.82) is 0 Å². The van der Waals surface area contributed by atoms with Crippen LogP contribution in [0.5, 0.6) is 0 Å². The van der Waals surface area contributed by atoms with Crippen molar-refractivity contribution in [3.63, 3.8) is 0 Å². The Morgan fingerprint density at radius 1 is 0.875 bits per heavy atom. The van der Waals surface area contributed by atoms with Gasteiger partial charge in [0.1, 0.15) is 0 Å². The van der Waals surface area contributed by atoms with Gasteiger partial charge in [-0.25, -0.2) is 0 Å². The van der Waals surface area contributed by atoms with Crippen molar-refractivity contribution in [2.45, 2.75) is 0 Å². The van der Waals surface area contributed by atoms with Crippen LogP contribution in [0.2, 0.25) is 5.02 Å². The summed E-state index contributed by atoms with van der Waals surface area (Å²) in [6, 6.07) is 14.7. The van der Waals surface area contributed by atoms with Crippen molar-refractivity contribution in [3.05, 3.63) is 59.1 Å². The number of carbonyl (C=O) groups excluding carboxylic acids is 1. The molecule has 0 radical (unpaired) electrons. The molecule has 0 aliphatic rings. The maximum atomic E-state index is 10.9. The highest BCUT2D eigenvalue weighted by atomic mass is 35.5. The average Bonchev–Trinajstić information content (AvgIpc) is 2.30. The predicted octanol–water partition coefficient (Wildman–Crippen LogP) is 3.11. The molecule has 2 aromatic rings. The summed E-state index contributed by atoms with van der Waals surface area (Å²) in [5, 5.41) is 0.706. The van der Waals surface area contributed by atoms with Gasteiger partial charge in [-0.05, 0) is 35.4 Å². The van der Waals surface area contributed by atoms with Gasteiger partial charge >= 0.3 is 0 Å².